The highest BCUT2D eigenvalue weighted by Crippen LogP contribution is 2.34. The van der Waals surface area contributed by atoms with Crippen LogP contribution < -0.4 is 20.1 Å². The summed E-state index contributed by atoms with van der Waals surface area (Å²) in [6, 6.07) is 7.08. The summed E-state index contributed by atoms with van der Waals surface area (Å²) in [6.07, 6.45) is 5.04. The van der Waals surface area contributed by atoms with Gasteiger partial charge >= 0.3 is 0 Å². The van der Waals surface area contributed by atoms with Crippen molar-refractivity contribution in [2.24, 2.45) is 10.9 Å². The molecule has 1 saturated carbocycles. The van der Waals surface area contributed by atoms with E-state index in [1.807, 2.05) is 19.2 Å². The third-order valence-electron chi connectivity index (χ3n) is 6.23. The number of benzene rings is 1. The first-order valence-corrected chi connectivity index (χ1v) is 11.1. The van der Waals surface area contributed by atoms with Crippen molar-refractivity contribution in [2.75, 3.05) is 27.2 Å². The molecule has 0 amide bonds. The topological polar surface area (TPSA) is 58.1 Å². The van der Waals surface area contributed by atoms with Crippen LogP contribution in [0.2, 0.25) is 0 Å². The first-order valence-electron chi connectivity index (χ1n) is 11.1. The van der Waals surface area contributed by atoms with E-state index >= 15 is 0 Å². The van der Waals surface area contributed by atoms with Crippen LogP contribution in [-0.2, 0) is 6.54 Å². The molecule has 0 bridgehead atoms. The molecule has 6 nitrogen and oxygen atoms in total. The van der Waals surface area contributed by atoms with Gasteiger partial charge in [-0.2, -0.15) is 0 Å². The van der Waals surface area contributed by atoms with Gasteiger partial charge in [0, 0.05) is 44.3 Å². The Bertz CT molecular complexity index is 685. The first kappa shape index (κ1) is 21.8. The lowest BCUT2D eigenvalue weighted by Gasteiger charge is -2.23. The molecule has 1 aliphatic heterocycles. The number of hydrogen-bond acceptors (Lipinski definition) is 4. The first-order chi connectivity index (χ1) is 14.0. The number of nitrogens with one attached hydrogen (secondary N) is 2. The van der Waals surface area contributed by atoms with Gasteiger partial charge in [0.25, 0.3) is 0 Å². The number of likely N-dealkylation sites (tertiary alicyclic amines) is 1. The van der Waals surface area contributed by atoms with Gasteiger partial charge in [-0.15, -0.1) is 0 Å². The Balaban J connectivity index is 1.63. The van der Waals surface area contributed by atoms with E-state index in [1.54, 1.807) is 7.11 Å². The van der Waals surface area contributed by atoms with E-state index in [4.69, 9.17) is 9.47 Å². The van der Waals surface area contributed by atoms with Gasteiger partial charge in [0.15, 0.2) is 17.5 Å². The number of rotatable bonds is 7. The van der Waals surface area contributed by atoms with Crippen molar-refractivity contribution in [1.82, 2.24) is 15.5 Å². The van der Waals surface area contributed by atoms with Crippen molar-refractivity contribution >= 4 is 5.96 Å². The Hall–Kier alpha value is -1.95. The van der Waals surface area contributed by atoms with Crippen LogP contribution in [-0.4, -0.2) is 56.3 Å². The van der Waals surface area contributed by atoms with Crippen LogP contribution in [0.3, 0.4) is 0 Å². The summed E-state index contributed by atoms with van der Waals surface area (Å²) in [4.78, 5) is 6.97. The molecule has 0 radical (unpaired) electrons. The minimum atomic E-state index is 0.295. The lowest BCUT2D eigenvalue weighted by molar-refractivity contribution is 0.198. The maximum Gasteiger partial charge on any atom is 0.191 e. The smallest absolute Gasteiger partial charge is 0.191 e. The van der Waals surface area contributed by atoms with Crippen molar-refractivity contribution in [1.29, 1.82) is 0 Å². The lowest BCUT2D eigenvalue weighted by Crippen LogP contribution is -2.46. The largest absolute Gasteiger partial charge is 0.493 e. The van der Waals surface area contributed by atoms with E-state index in [0.717, 1.165) is 49.0 Å². The molecule has 2 N–H and O–H groups in total. The van der Waals surface area contributed by atoms with E-state index in [2.05, 4.69) is 47.4 Å². The molecule has 2 atom stereocenters. The summed E-state index contributed by atoms with van der Waals surface area (Å²) < 4.78 is 11.9. The number of hydrogen-bond donors (Lipinski definition) is 2. The van der Waals surface area contributed by atoms with Crippen LogP contribution in [0.15, 0.2) is 23.2 Å². The fraction of sp³-hybridized carbons (Fsp3) is 0.696. The number of ether oxygens (including phenoxy) is 2. The van der Waals surface area contributed by atoms with E-state index in [0.29, 0.717) is 30.7 Å². The summed E-state index contributed by atoms with van der Waals surface area (Å²) in [7, 11) is 3.53. The lowest BCUT2D eigenvalue weighted by atomic mass is 10.1. The molecule has 6 heteroatoms. The van der Waals surface area contributed by atoms with Crippen molar-refractivity contribution in [3.05, 3.63) is 23.8 Å². The van der Waals surface area contributed by atoms with Crippen molar-refractivity contribution in [3.8, 4) is 11.5 Å². The third kappa shape index (κ3) is 5.56. The highest BCUT2D eigenvalue weighted by Gasteiger charge is 2.31. The Labute approximate surface area is 176 Å². The van der Waals surface area contributed by atoms with Crippen LogP contribution in [0.5, 0.6) is 11.5 Å². The molecular weight excluding hydrogens is 364 g/mol. The fourth-order valence-electron chi connectivity index (χ4n) is 4.33. The molecule has 3 rings (SSSR count). The molecule has 1 aromatic rings. The Morgan fingerprint density at radius 2 is 2.00 bits per heavy atom. The monoisotopic (exact) mass is 402 g/mol. The normalized spacial score (nSPS) is 23.6. The fourth-order valence-corrected chi connectivity index (χ4v) is 4.33. The van der Waals surface area contributed by atoms with E-state index in [-0.39, 0.29) is 0 Å². The third-order valence-corrected chi connectivity index (χ3v) is 6.23. The van der Waals surface area contributed by atoms with E-state index < -0.39 is 0 Å². The van der Waals surface area contributed by atoms with Gasteiger partial charge in [0.05, 0.1) is 13.2 Å². The molecule has 29 heavy (non-hydrogen) atoms. The highest BCUT2D eigenvalue weighted by molar-refractivity contribution is 5.80. The van der Waals surface area contributed by atoms with Gasteiger partial charge in [0.1, 0.15) is 0 Å². The average Bonchev–Trinajstić information content (AvgIpc) is 3.35. The molecule has 0 spiro atoms. The number of aliphatic imine (C=N–C) groups is 1. The van der Waals surface area contributed by atoms with Gasteiger partial charge in [-0.3, -0.25) is 9.89 Å². The van der Waals surface area contributed by atoms with Gasteiger partial charge in [-0.1, -0.05) is 19.1 Å². The second-order valence-corrected chi connectivity index (χ2v) is 8.67. The highest BCUT2D eigenvalue weighted by atomic mass is 16.5. The Morgan fingerprint density at radius 3 is 2.62 bits per heavy atom. The minimum absolute atomic E-state index is 0.295. The zero-order chi connectivity index (χ0) is 20.8. The number of guanidine groups is 1. The molecule has 1 aromatic carbocycles. The van der Waals surface area contributed by atoms with Gasteiger partial charge in [-0.25, -0.2) is 0 Å². The molecule has 162 valence electrons. The number of methoxy groups -OCH3 is 1. The average molecular weight is 403 g/mol. The quantitative estimate of drug-likeness (QED) is 0.541. The second-order valence-electron chi connectivity index (χ2n) is 8.67. The molecule has 1 saturated heterocycles. The zero-order valence-electron chi connectivity index (χ0n) is 18.7. The van der Waals surface area contributed by atoms with E-state index in [1.165, 1.54) is 12.8 Å². The molecule has 0 aromatic heterocycles. The summed E-state index contributed by atoms with van der Waals surface area (Å²) >= 11 is 0. The van der Waals surface area contributed by atoms with Gasteiger partial charge in [0.2, 0.25) is 0 Å². The van der Waals surface area contributed by atoms with Crippen LogP contribution in [0.25, 0.3) is 0 Å². The molecule has 2 unspecified atom stereocenters. The predicted octanol–water partition coefficient (Wildman–Crippen LogP) is 3.41. The maximum atomic E-state index is 6.35. The second kappa shape index (κ2) is 10.2. The van der Waals surface area contributed by atoms with Crippen LogP contribution in [0.1, 0.15) is 52.0 Å². The minimum Gasteiger partial charge on any atom is -0.493 e. The van der Waals surface area contributed by atoms with Crippen LogP contribution in [0, 0.1) is 5.92 Å². The Morgan fingerprint density at radius 1 is 1.24 bits per heavy atom. The molecular formula is C23H38N4O2. The van der Waals surface area contributed by atoms with Crippen LogP contribution in [0.4, 0.5) is 0 Å². The van der Waals surface area contributed by atoms with E-state index in [9.17, 15) is 0 Å². The predicted molar refractivity (Wildman–Crippen MR) is 119 cm³/mol. The van der Waals surface area contributed by atoms with Crippen molar-refractivity contribution < 1.29 is 9.47 Å². The maximum absolute atomic E-state index is 6.35. The number of para-hydroxylation sites is 1. The van der Waals surface area contributed by atoms with Gasteiger partial charge < -0.3 is 20.1 Å². The van der Waals surface area contributed by atoms with Gasteiger partial charge in [-0.05, 0) is 51.5 Å². The number of nitrogens with zero attached hydrogens (tertiary/aromatic N) is 2. The van der Waals surface area contributed by atoms with Crippen LogP contribution >= 0.6 is 0 Å². The molecule has 1 aliphatic carbocycles. The summed E-state index contributed by atoms with van der Waals surface area (Å²) in [6.45, 7) is 9.65. The summed E-state index contributed by atoms with van der Waals surface area (Å²) in [5.74, 6) is 3.09. The molecule has 1 heterocycles. The molecule has 2 aliphatic rings. The van der Waals surface area contributed by atoms with Crippen molar-refractivity contribution in [2.45, 2.75) is 71.2 Å². The Kier molecular flexibility index (Phi) is 7.64. The molecule has 2 fully saturated rings. The zero-order valence-corrected chi connectivity index (χ0v) is 18.7. The van der Waals surface area contributed by atoms with Crippen molar-refractivity contribution in [3.63, 3.8) is 0 Å². The summed E-state index contributed by atoms with van der Waals surface area (Å²) in [5.41, 5.74) is 1.10. The summed E-state index contributed by atoms with van der Waals surface area (Å²) in [5, 5.41) is 7.10. The SMILES string of the molecule is CN=C(NCc1cccc(OC)c1OC1CCCC1)NC1CN(C(C)C)CC1C. The standard InChI is InChI=1S/C23H38N4O2/c1-16(2)27-14-17(3)20(15-27)26-23(24-4)25-13-18-9-8-12-21(28-5)22(18)29-19-10-6-7-11-19/h8-9,12,16-17,19-20H,6-7,10-11,13-15H2,1-5H3,(H2,24,25,26).